The number of fused-ring (bicyclic) bond motifs is 2. The Morgan fingerprint density at radius 2 is 1.70 bits per heavy atom. The maximum Gasteiger partial charge on any atom is 0.310 e. The number of rotatable bonds is 5. The lowest BCUT2D eigenvalue weighted by Gasteiger charge is -2.36. The zero-order valence-corrected chi connectivity index (χ0v) is 15.1. The highest BCUT2D eigenvalue weighted by atomic mass is 16.5. The van der Waals surface area contributed by atoms with Gasteiger partial charge in [-0.3, -0.25) is 14.5 Å². The third-order valence-electron chi connectivity index (χ3n) is 5.63. The summed E-state index contributed by atoms with van der Waals surface area (Å²) >= 11 is 0. The third-order valence-corrected chi connectivity index (χ3v) is 5.63. The molecule has 3 heterocycles. The number of piperazine rings is 1. The molecule has 0 aliphatic carbocycles. The summed E-state index contributed by atoms with van der Waals surface area (Å²) in [5, 5.41) is 9.49. The minimum absolute atomic E-state index is 0.0845. The van der Waals surface area contributed by atoms with Crippen molar-refractivity contribution < 1.29 is 19.4 Å². The number of benzene rings is 1. The molecule has 1 N–H and O–H groups in total. The van der Waals surface area contributed by atoms with Gasteiger partial charge in [0.15, 0.2) is 0 Å². The van der Waals surface area contributed by atoms with E-state index in [4.69, 9.17) is 4.74 Å². The molecule has 4 rings (SSSR count). The van der Waals surface area contributed by atoms with E-state index in [1.165, 1.54) is 5.56 Å². The van der Waals surface area contributed by atoms with E-state index in [-0.39, 0.29) is 5.91 Å². The van der Waals surface area contributed by atoms with Crippen molar-refractivity contribution in [2.75, 3.05) is 32.7 Å². The number of hydrogen-bond donors (Lipinski definition) is 1. The van der Waals surface area contributed by atoms with E-state index in [1.807, 2.05) is 24.3 Å². The summed E-state index contributed by atoms with van der Waals surface area (Å²) in [5.74, 6) is -2.39. The van der Waals surface area contributed by atoms with Crippen molar-refractivity contribution in [2.45, 2.75) is 12.2 Å². The average molecular weight is 368 g/mol. The number of carbonyl (C=O) groups excluding carboxylic acids is 1. The Kier molecular flexibility index (Phi) is 5.09. The maximum absolute atomic E-state index is 12.9. The first-order chi connectivity index (χ1) is 13.1. The van der Waals surface area contributed by atoms with Gasteiger partial charge in [-0.15, -0.1) is 0 Å². The Balaban J connectivity index is 1.30. The van der Waals surface area contributed by atoms with Crippen molar-refractivity contribution in [2.24, 2.45) is 11.8 Å². The summed E-state index contributed by atoms with van der Waals surface area (Å²) in [6.07, 6.45) is 6.98. The van der Waals surface area contributed by atoms with Crippen LogP contribution in [0.15, 0.2) is 48.6 Å². The van der Waals surface area contributed by atoms with E-state index in [0.29, 0.717) is 13.1 Å². The molecule has 6 nitrogen and oxygen atoms in total. The standard InChI is InChI=1S/C21H24N2O4/c24-20(18-16-8-9-17(27-16)19(18)21(25)26)23-13-11-22(12-14-23)10-4-7-15-5-2-1-3-6-15/h1-9,16-19H,10-14H2,(H,25,26)/b7-4+/t16-,17+,18+,19+/m1/s1. The SMILES string of the molecule is O=C(O)[C@@H]1[C@@H](C(=O)N2CCN(C/C=C/c3ccccc3)CC2)[C@H]2C=C[C@@H]1O2. The molecule has 3 aliphatic heterocycles. The van der Waals surface area contributed by atoms with Crippen LogP contribution in [0.2, 0.25) is 0 Å². The Bertz CT molecular complexity index is 753. The van der Waals surface area contributed by atoms with Crippen LogP contribution in [-0.2, 0) is 14.3 Å². The van der Waals surface area contributed by atoms with E-state index in [1.54, 1.807) is 11.0 Å². The fraction of sp³-hybridized carbons (Fsp3) is 0.429. The van der Waals surface area contributed by atoms with E-state index >= 15 is 0 Å². The van der Waals surface area contributed by atoms with Crippen LogP contribution < -0.4 is 0 Å². The first-order valence-electron chi connectivity index (χ1n) is 9.43. The molecule has 1 amide bonds. The third kappa shape index (κ3) is 3.68. The molecule has 0 radical (unpaired) electrons. The summed E-state index contributed by atoms with van der Waals surface area (Å²) in [6.45, 7) is 3.68. The second-order valence-electron chi connectivity index (χ2n) is 7.28. The number of carbonyl (C=O) groups is 2. The first kappa shape index (κ1) is 17.9. The van der Waals surface area contributed by atoms with Gasteiger partial charge in [0.05, 0.1) is 18.1 Å². The first-order valence-corrected chi connectivity index (χ1v) is 9.43. The molecular weight excluding hydrogens is 344 g/mol. The fourth-order valence-electron chi connectivity index (χ4n) is 4.16. The van der Waals surface area contributed by atoms with E-state index in [0.717, 1.165) is 19.6 Å². The molecule has 0 spiro atoms. The predicted molar refractivity (Wildman–Crippen MR) is 101 cm³/mol. The van der Waals surface area contributed by atoms with Crippen LogP contribution in [0.5, 0.6) is 0 Å². The second kappa shape index (κ2) is 7.66. The van der Waals surface area contributed by atoms with Crippen molar-refractivity contribution in [3.8, 4) is 0 Å². The lowest BCUT2D eigenvalue weighted by atomic mass is 9.82. The molecule has 27 heavy (non-hydrogen) atoms. The highest BCUT2D eigenvalue weighted by Crippen LogP contribution is 2.40. The molecule has 0 saturated carbocycles. The van der Waals surface area contributed by atoms with Gasteiger partial charge in [-0.05, 0) is 5.56 Å². The molecular formula is C21H24N2O4. The van der Waals surface area contributed by atoms with Crippen LogP contribution in [0.3, 0.4) is 0 Å². The zero-order chi connectivity index (χ0) is 18.8. The van der Waals surface area contributed by atoms with Crippen molar-refractivity contribution in [3.63, 3.8) is 0 Å². The van der Waals surface area contributed by atoms with Gasteiger partial charge in [-0.25, -0.2) is 0 Å². The largest absolute Gasteiger partial charge is 0.481 e. The van der Waals surface area contributed by atoms with Crippen molar-refractivity contribution in [3.05, 3.63) is 54.1 Å². The summed E-state index contributed by atoms with van der Waals surface area (Å²) in [7, 11) is 0. The number of aliphatic carboxylic acids is 1. The van der Waals surface area contributed by atoms with Gasteiger partial charge in [0.2, 0.25) is 5.91 Å². The van der Waals surface area contributed by atoms with Crippen LogP contribution in [0, 0.1) is 11.8 Å². The van der Waals surface area contributed by atoms with Crippen molar-refractivity contribution in [1.29, 1.82) is 0 Å². The predicted octanol–water partition coefficient (Wildman–Crippen LogP) is 1.50. The lowest BCUT2D eigenvalue weighted by Crippen LogP contribution is -2.52. The molecule has 0 aromatic heterocycles. The number of carboxylic acid groups (broad SMARTS) is 1. The van der Waals surface area contributed by atoms with Crippen molar-refractivity contribution in [1.82, 2.24) is 9.80 Å². The smallest absolute Gasteiger partial charge is 0.310 e. The van der Waals surface area contributed by atoms with Gasteiger partial charge in [-0.1, -0.05) is 54.6 Å². The summed E-state index contributed by atoms with van der Waals surface area (Å²) in [4.78, 5) is 28.6. The zero-order valence-electron chi connectivity index (χ0n) is 15.1. The van der Waals surface area contributed by atoms with Gasteiger partial charge in [-0.2, -0.15) is 0 Å². The van der Waals surface area contributed by atoms with E-state index in [2.05, 4.69) is 29.2 Å². The average Bonchev–Trinajstić information content (AvgIpc) is 3.30. The Labute approximate surface area is 158 Å². The van der Waals surface area contributed by atoms with Crippen LogP contribution in [0.1, 0.15) is 5.56 Å². The van der Waals surface area contributed by atoms with Crippen LogP contribution >= 0.6 is 0 Å². The second-order valence-corrected chi connectivity index (χ2v) is 7.28. The topological polar surface area (TPSA) is 70.1 Å². The number of ether oxygens (including phenoxy) is 1. The van der Waals surface area contributed by atoms with Crippen molar-refractivity contribution >= 4 is 18.0 Å². The van der Waals surface area contributed by atoms with Crippen LogP contribution in [0.25, 0.3) is 6.08 Å². The summed E-state index contributed by atoms with van der Waals surface area (Å²) in [6, 6.07) is 10.2. The molecule has 2 saturated heterocycles. The van der Waals surface area contributed by atoms with Gasteiger partial charge in [0, 0.05) is 32.7 Å². The number of carboxylic acids is 1. The minimum atomic E-state index is -0.949. The Morgan fingerprint density at radius 1 is 1.04 bits per heavy atom. The molecule has 142 valence electrons. The van der Waals surface area contributed by atoms with E-state index in [9.17, 15) is 14.7 Å². The van der Waals surface area contributed by atoms with Gasteiger partial charge in [0.25, 0.3) is 0 Å². The molecule has 4 atom stereocenters. The van der Waals surface area contributed by atoms with Gasteiger partial charge < -0.3 is 14.7 Å². The minimum Gasteiger partial charge on any atom is -0.481 e. The van der Waals surface area contributed by atoms with Gasteiger partial charge in [0.1, 0.15) is 5.92 Å². The number of amides is 1. The van der Waals surface area contributed by atoms with Gasteiger partial charge >= 0.3 is 5.97 Å². The summed E-state index contributed by atoms with van der Waals surface area (Å²) < 4.78 is 5.63. The molecule has 2 fully saturated rings. The molecule has 1 aromatic rings. The number of nitrogens with zero attached hydrogens (tertiary/aromatic N) is 2. The highest BCUT2D eigenvalue weighted by molar-refractivity contribution is 5.87. The molecule has 6 heteroatoms. The fourth-order valence-corrected chi connectivity index (χ4v) is 4.16. The molecule has 3 aliphatic rings. The highest BCUT2D eigenvalue weighted by Gasteiger charge is 2.54. The summed E-state index contributed by atoms with van der Waals surface area (Å²) in [5.41, 5.74) is 1.18. The quantitative estimate of drug-likeness (QED) is 0.798. The monoisotopic (exact) mass is 368 g/mol. The van der Waals surface area contributed by atoms with E-state index < -0.39 is 30.0 Å². The maximum atomic E-state index is 12.9. The van der Waals surface area contributed by atoms with Crippen LogP contribution in [-0.4, -0.2) is 71.7 Å². The number of hydrogen-bond acceptors (Lipinski definition) is 4. The lowest BCUT2D eigenvalue weighted by molar-refractivity contribution is -0.150. The van der Waals surface area contributed by atoms with Crippen LogP contribution in [0.4, 0.5) is 0 Å². The Morgan fingerprint density at radius 3 is 2.37 bits per heavy atom. The normalized spacial score (nSPS) is 30.3. The molecule has 0 unspecified atom stereocenters. The molecule has 2 bridgehead atoms. The molecule has 1 aromatic carbocycles. The Hall–Kier alpha value is -2.44.